The van der Waals surface area contributed by atoms with Gasteiger partial charge in [0.1, 0.15) is 0 Å². The molecule has 1 aromatic carbocycles. The minimum Gasteiger partial charge on any atom is -0.103 e. The first-order valence-electron chi connectivity index (χ1n) is 5.08. The Hall–Kier alpha value is -1.30. The van der Waals surface area contributed by atoms with Crippen LogP contribution < -0.4 is 0 Å². The summed E-state index contributed by atoms with van der Waals surface area (Å²) in [5, 5.41) is 0. The van der Waals surface area contributed by atoms with Gasteiger partial charge in [0.25, 0.3) is 0 Å². The maximum absolute atomic E-state index is 3.78. The van der Waals surface area contributed by atoms with E-state index in [1.807, 2.05) is 12.1 Å². The van der Waals surface area contributed by atoms with Crippen LogP contribution in [0.4, 0.5) is 0 Å². The lowest BCUT2D eigenvalue weighted by Gasteiger charge is -2.03. The van der Waals surface area contributed by atoms with Gasteiger partial charge >= 0.3 is 0 Å². The third-order valence-corrected chi connectivity index (χ3v) is 2.43. The van der Waals surface area contributed by atoms with E-state index in [1.54, 1.807) is 0 Å². The third-order valence-electron chi connectivity index (χ3n) is 2.43. The highest BCUT2D eigenvalue weighted by Crippen LogP contribution is 2.15. The van der Waals surface area contributed by atoms with Crippen molar-refractivity contribution in [3.8, 4) is 0 Å². The molecule has 0 saturated heterocycles. The van der Waals surface area contributed by atoms with Gasteiger partial charge < -0.3 is 0 Å². The Labute approximate surface area is 87.0 Å². The zero-order chi connectivity index (χ0) is 10.4. The van der Waals surface area contributed by atoms with E-state index >= 15 is 0 Å². The van der Waals surface area contributed by atoms with Crippen molar-refractivity contribution >= 4 is 5.57 Å². The Morgan fingerprint density at radius 3 is 2.57 bits per heavy atom. The smallest absolute Gasteiger partial charge is 0.0230 e. The van der Waals surface area contributed by atoms with Crippen molar-refractivity contribution in [2.75, 3.05) is 0 Å². The maximum atomic E-state index is 3.78. The summed E-state index contributed by atoms with van der Waals surface area (Å²) in [5.74, 6) is 0.564. The van der Waals surface area contributed by atoms with Crippen LogP contribution in [0.2, 0.25) is 0 Å². The molecule has 0 fully saturated rings. The highest BCUT2D eigenvalue weighted by atomic mass is 14.0. The van der Waals surface area contributed by atoms with Crippen LogP contribution in [0.15, 0.2) is 49.1 Å². The Morgan fingerprint density at radius 2 is 2.00 bits per heavy atom. The van der Waals surface area contributed by atoms with Gasteiger partial charge in [0.15, 0.2) is 0 Å². The van der Waals surface area contributed by atoms with Crippen LogP contribution in [0.3, 0.4) is 0 Å². The summed E-state index contributed by atoms with van der Waals surface area (Å²) in [4.78, 5) is 0. The first-order valence-corrected chi connectivity index (χ1v) is 5.08. The van der Waals surface area contributed by atoms with Gasteiger partial charge in [-0.3, -0.25) is 0 Å². The van der Waals surface area contributed by atoms with Crippen molar-refractivity contribution < 1.29 is 0 Å². The number of benzene rings is 1. The number of rotatable bonds is 4. The molecule has 0 unspecified atom stereocenters. The summed E-state index contributed by atoms with van der Waals surface area (Å²) in [7, 11) is 0. The lowest BCUT2D eigenvalue weighted by molar-refractivity contribution is 0.747. The van der Waals surface area contributed by atoms with Gasteiger partial charge in [0.05, 0.1) is 0 Å². The van der Waals surface area contributed by atoms with Crippen LogP contribution in [-0.4, -0.2) is 0 Å². The van der Waals surface area contributed by atoms with Crippen molar-refractivity contribution in [3.05, 3.63) is 54.6 Å². The summed E-state index contributed by atoms with van der Waals surface area (Å²) < 4.78 is 0. The number of hydrogen-bond acceptors (Lipinski definition) is 0. The van der Waals surface area contributed by atoms with Gasteiger partial charge in [0.2, 0.25) is 0 Å². The van der Waals surface area contributed by atoms with Gasteiger partial charge in [-0.05, 0) is 30.4 Å². The van der Waals surface area contributed by atoms with E-state index < -0.39 is 0 Å². The molecule has 0 nitrogen and oxygen atoms in total. The van der Waals surface area contributed by atoms with E-state index in [2.05, 4.69) is 50.8 Å². The Balaban J connectivity index is 2.66. The van der Waals surface area contributed by atoms with Crippen LogP contribution in [0.5, 0.6) is 0 Å². The van der Waals surface area contributed by atoms with Gasteiger partial charge in [-0.25, -0.2) is 0 Å². The van der Waals surface area contributed by atoms with Crippen LogP contribution in [0.1, 0.15) is 25.8 Å². The van der Waals surface area contributed by atoms with Crippen molar-refractivity contribution in [1.82, 2.24) is 0 Å². The molecule has 0 saturated carbocycles. The number of hydrogen-bond donors (Lipinski definition) is 0. The molecule has 74 valence electrons. The largest absolute Gasteiger partial charge is 0.103 e. The van der Waals surface area contributed by atoms with E-state index in [0.717, 1.165) is 6.42 Å². The van der Waals surface area contributed by atoms with Crippen molar-refractivity contribution in [2.24, 2.45) is 5.92 Å². The van der Waals surface area contributed by atoms with Gasteiger partial charge in [-0.15, -0.1) is 6.58 Å². The fourth-order valence-electron chi connectivity index (χ4n) is 1.28. The predicted molar refractivity (Wildman–Crippen MR) is 64.1 cm³/mol. The zero-order valence-electron chi connectivity index (χ0n) is 9.03. The van der Waals surface area contributed by atoms with Crippen LogP contribution in [-0.2, 0) is 0 Å². The molecule has 0 aliphatic rings. The van der Waals surface area contributed by atoms with E-state index in [4.69, 9.17) is 0 Å². The fraction of sp³-hybridized carbons (Fsp3) is 0.286. The summed E-state index contributed by atoms with van der Waals surface area (Å²) in [6.07, 6.45) is 5.35. The van der Waals surface area contributed by atoms with Gasteiger partial charge in [0, 0.05) is 0 Å². The second-order valence-corrected chi connectivity index (χ2v) is 3.70. The molecular formula is C14H18. The Bertz CT molecular complexity index is 306. The lowest BCUT2D eigenvalue weighted by Crippen LogP contribution is -1.86. The molecule has 0 aliphatic heterocycles. The maximum Gasteiger partial charge on any atom is -0.0230 e. The SMILES string of the molecule is C=C[C@@H](C)C/C=C(/C)c1ccccc1. The molecule has 1 atom stereocenters. The van der Waals surface area contributed by atoms with Gasteiger partial charge in [-0.1, -0.05) is 49.4 Å². The Kier molecular flexibility index (Phi) is 4.18. The minimum atomic E-state index is 0.564. The topological polar surface area (TPSA) is 0 Å². The van der Waals surface area contributed by atoms with Crippen LogP contribution in [0.25, 0.3) is 5.57 Å². The van der Waals surface area contributed by atoms with Crippen LogP contribution in [0, 0.1) is 5.92 Å². The first kappa shape index (κ1) is 10.8. The van der Waals surface area contributed by atoms with E-state index in [1.165, 1.54) is 11.1 Å². The zero-order valence-corrected chi connectivity index (χ0v) is 9.03. The molecule has 0 amide bonds. The van der Waals surface area contributed by atoms with Gasteiger partial charge in [-0.2, -0.15) is 0 Å². The summed E-state index contributed by atoms with van der Waals surface area (Å²) in [6, 6.07) is 10.5. The monoisotopic (exact) mass is 186 g/mol. The summed E-state index contributed by atoms with van der Waals surface area (Å²) in [6.45, 7) is 8.12. The molecule has 1 aromatic rings. The molecule has 0 aromatic heterocycles. The predicted octanol–water partition coefficient (Wildman–Crippen LogP) is 4.30. The average molecular weight is 186 g/mol. The third kappa shape index (κ3) is 3.21. The fourth-order valence-corrected chi connectivity index (χ4v) is 1.28. The van der Waals surface area contributed by atoms with Crippen molar-refractivity contribution in [1.29, 1.82) is 0 Å². The highest BCUT2D eigenvalue weighted by molar-refractivity contribution is 5.63. The molecule has 0 bridgehead atoms. The van der Waals surface area contributed by atoms with Crippen molar-refractivity contribution in [2.45, 2.75) is 20.3 Å². The normalized spacial score (nSPS) is 13.7. The molecule has 1 rings (SSSR count). The second-order valence-electron chi connectivity index (χ2n) is 3.70. The summed E-state index contributed by atoms with van der Waals surface area (Å²) in [5.41, 5.74) is 2.66. The second kappa shape index (κ2) is 5.43. The van der Waals surface area contributed by atoms with Crippen molar-refractivity contribution in [3.63, 3.8) is 0 Å². The van der Waals surface area contributed by atoms with E-state index in [0.29, 0.717) is 5.92 Å². The Morgan fingerprint density at radius 1 is 1.36 bits per heavy atom. The quantitative estimate of drug-likeness (QED) is 0.615. The average Bonchev–Trinajstić information content (AvgIpc) is 2.26. The molecule has 0 spiro atoms. The highest BCUT2D eigenvalue weighted by Gasteiger charge is 1.95. The molecule has 0 radical (unpaired) electrons. The summed E-state index contributed by atoms with van der Waals surface area (Å²) >= 11 is 0. The molecular weight excluding hydrogens is 168 g/mol. The molecule has 14 heavy (non-hydrogen) atoms. The molecule has 0 aliphatic carbocycles. The standard InChI is InChI=1S/C14H18/c1-4-12(2)10-11-13(3)14-8-6-5-7-9-14/h4-9,11-12H,1,10H2,2-3H3/b13-11-/t12-/m1/s1. The lowest BCUT2D eigenvalue weighted by atomic mass is 10.0. The first-order chi connectivity index (χ1) is 6.74. The molecule has 0 N–H and O–H groups in total. The molecule has 0 heterocycles. The minimum absolute atomic E-state index is 0.564. The van der Waals surface area contributed by atoms with Crippen LogP contribution >= 0.6 is 0 Å². The van der Waals surface area contributed by atoms with E-state index in [-0.39, 0.29) is 0 Å². The number of allylic oxidation sites excluding steroid dienone is 3. The van der Waals surface area contributed by atoms with E-state index in [9.17, 15) is 0 Å². The molecule has 0 heteroatoms.